The Morgan fingerprint density at radius 2 is 0.853 bits per heavy atom. The molecular weight excluding hydrogens is 639 g/mol. The third-order valence-corrected chi connectivity index (χ3v) is 29.8. The monoisotopic (exact) mass is 661 g/mol. The van der Waals surface area contributed by atoms with E-state index in [9.17, 15) is 0 Å². The fourth-order valence-electron chi connectivity index (χ4n) is 5.50. The van der Waals surface area contributed by atoms with Crippen molar-refractivity contribution >= 4 is 28.4 Å². The number of halogens is 2. The number of hydrogen-bond acceptors (Lipinski definition) is 0. The minimum absolute atomic E-state index is 0. The van der Waals surface area contributed by atoms with Gasteiger partial charge in [-0.1, -0.05) is 0 Å². The van der Waals surface area contributed by atoms with Crippen LogP contribution >= 0.6 is 0 Å². The zero-order valence-electron chi connectivity index (χ0n) is 18.7. The van der Waals surface area contributed by atoms with Gasteiger partial charge in [-0.25, -0.2) is 0 Å². The van der Waals surface area contributed by atoms with Crippen molar-refractivity contribution in [2.45, 2.75) is 7.25 Å². The standard InChI is InChI=1S/C12H11Si.2C9H7.2BrH.Zr/c1-3-7-11(8-4-1)13-12-9-5-2-6-10-12;2*1-2-5-9-7-3-6-8(9)4-1;;;/h1-10,13H;2*1-7H;2*1H;/q;;;;;+2/p-2. The van der Waals surface area contributed by atoms with Gasteiger partial charge in [0.25, 0.3) is 0 Å². The van der Waals surface area contributed by atoms with E-state index >= 15 is 0 Å². The van der Waals surface area contributed by atoms with Crippen molar-refractivity contribution in [3.05, 3.63) is 144 Å². The van der Waals surface area contributed by atoms with E-state index < -0.39 is 26.8 Å². The molecule has 2 aliphatic rings. The molecular formula is C30H25Br2SiZr. The van der Waals surface area contributed by atoms with Crippen LogP contribution in [0, 0.1) is 0 Å². The van der Waals surface area contributed by atoms with Gasteiger partial charge in [0.15, 0.2) is 0 Å². The smallest absolute Gasteiger partial charge is 1.00 e. The van der Waals surface area contributed by atoms with Gasteiger partial charge in [-0.2, -0.15) is 0 Å². The molecule has 2 aliphatic carbocycles. The van der Waals surface area contributed by atoms with Gasteiger partial charge in [-0.05, 0) is 0 Å². The van der Waals surface area contributed by atoms with Crippen LogP contribution in [-0.4, -0.2) is 5.92 Å². The van der Waals surface area contributed by atoms with E-state index in [0.717, 1.165) is 0 Å². The summed E-state index contributed by atoms with van der Waals surface area (Å²) in [6.45, 7) is 0. The van der Waals surface area contributed by atoms with Gasteiger partial charge in [-0.3, -0.25) is 0 Å². The van der Waals surface area contributed by atoms with Gasteiger partial charge < -0.3 is 34.0 Å². The predicted octanol–water partition coefficient (Wildman–Crippen LogP) is -0.313. The van der Waals surface area contributed by atoms with E-state index in [2.05, 4.69) is 133 Å². The predicted molar refractivity (Wildman–Crippen MR) is 136 cm³/mol. The minimum Gasteiger partial charge on any atom is -1.00 e. The Morgan fingerprint density at radius 3 is 1.29 bits per heavy atom. The molecule has 0 fully saturated rings. The Kier molecular flexibility index (Phi) is 8.58. The van der Waals surface area contributed by atoms with Crippen LogP contribution in [0.2, 0.25) is 0 Å². The summed E-state index contributed by atoms with van der Waals surface area (Å²) < 4.78 is 1.23. The van der Waals surface area contributed by atoms with Crippen molar-refractivity contribution in [1.29, 1.82) is 0 Å². The van der Waals surface area contributed by atoms with Crippen LogP contribution in [0.1, 0.15) is 29.5 Å². The van der Waals surface area contributed by atoms with Crippen molar-refractivity contribution in [2.24, 2.45) is 0 Å². The zero-order chi connectivity index (χ0) is 21.3. The van der Waals surface area contributed by atoms with Gasteiger partial charge in [0.05, 0.1) is 0 Å². The van der Waals surface area contributed by atoms with Gasteiger partial charge in [0.1, 0.15) is 0 Å². The van der Waals surface area contributed by atoms with Crippen LogP contribution in [0.4, 0.5) is 0 Å². The fraction of sp³-hybridized carbons (Fsp3) is 0.0667. The molecule has 0 saturated heterocycles. The Hall–Kier alpha value is -1.58. The summed E-state index contributed by atoms with van der Waals surface area (Å²) in [6, 6.07) is 41.2. The van der Waals surface area contributed by atoms with E-state index in [1.807, 2.05) is 0 Å². The molecule has 0 amide bonds. The van der Waals surface area contributed by atoms with Gasteiger partial charge in [-0.15, -0.1) is 0 Å². The van der Waals surface area contributed by atoms with Crippen molar-refractivity contribution in [3.8, 4) is 0 Å². The number of benzene rings is 4. The average Bonchev–Trinajstić information content (AvgIpc) is 3.48. The SMILES string of the molecule is C1=C[CH]([Zr+2]([CH]2C=Cc3ccccc32)[SiH](c2ccccc2)c2ccccc2)c2ccccc21.[Br-].[Br-]. The Balaban J connectivity index is 0.00000137. The van der Waals surface area contributed by atoms with Crippen LogP contribution in [0.15, 0.2) is 121 Å². The zero-order valence-corrected chi connectivity index (χ0v) is 25.5. The molecule has 0 bridgehead atoms. The molecule has 2 atom stereocenters. The normalized spacial score (nSPS) is 17.0. The first-order valence-corrected chi connectivity index (χ1v) is 20.2. The maximum Gasteiger partial charge on any atom is -1.00 e. The second-order valence-corrected chi connectivity index (χ2v) is 24.6. The summed E-state index contributed by atoms with van der Waals surface area (Å²) in [6.07, 6.45) is 9.93. The van der Waals surface area contributed by atoms with Crippen LogP contribution in [0.25, 0.3) is 12.2 Å². The molecule has 0 saturated carbocycles. The molecule has 34 heavy (non-hydrogen) atoms. The molecule has 0 aromatic heterocycles. The topological polar surface area (TPSA) is 0 Å². The van der Waals surface area contributed by atoms with E-state index in [1.54, 1.807) is 21.5 Å². The van der Waals surface area contributed by atoms with Crippen molar-refractivity contribution < 1.29 is 54.9 Å². The van der Waals surface area contributed by atoms with E-state index in [4.69, 9.17) is 0 Å². The van der Waals surface area contributed by atoms with Crippen LogP contribution in [0.5, 0.6) is 0 Å². The molecule has 0 nitrogen and oxygen atoms in total. The van der Waals surface area contributed by atoms with Crippen molar-refractivity contribution in [1.82, 2.24) is 0 Å². The first-order valence-electron chi connectivity index (χ1n) is 11.4. The van der Waals surface area contributed by atoms with Crippen molar-refractivity contribution in [2.75, 3.05) is 0 Å². The molecule has 2 unspecified atom stereocenters. The summed E-state index contributed by atoms with van der Waals surface area (Å²) in [5.41, 5.74) is 6.01. The largest absolute Gasteiger partial charge is 1.00 e. The second-order valence-electron chi connectivity index (χ2n) is 8.69. The number of allylic oxidation sites excluding steroid dienone is 2. The first kappa shape index (κ1) is 25.5. The molecule has 0 aliphatic heterocycles. The van der Waals surface area contributed by atoms with Gasteiger partial charge in [0.2, 0.25) is 0 Å². The average molecular weight is 665 g/mol. The molecule has 4 aromatic rings. The molecule has 167 valence electrons. The number of hydrogen-bond donors (Lipinski definition) is 0. The summed E-state index contributed by atoms with van der Waals surface area (Å²) in [5.74, 6) is -1.40. The third-order valence-electron chi connectivity index (χ3n) is 6.92. The summed E-state index contributed by atoms with van der Waals surface area (Å²) in [7, 11) is 0. The molecule has 4 heteroatoms. The number of rotatable bonds is 5. The van der Waals surface area contributed by atoms with Gasteiger partial charge >= 0.3 is 200 Å². The molecule has 0 spiro atoms. The molecule has 0 N–H and O–H groups in total. The van der Waals surface area contributed by atoms with E-state index in [0.29, 0.717) is 7.25 Å². The van der Waals surface area contributed by atoms with Crippen LogP contribution in [0.3, 0.4) is 0 Å². The van der Waals surface area contributed by atoms with Crippen molar-refractivity contribution in [3.63, 3.8) is 0 Å². The van der Waals surface area contributed by atoms with Crippen LogP contribution < -0.4 is 44.3 Å². The first-order chi connectivity index (χ1) is 15.9. The molecule has 0 radical (unpaired) electrons. The Labute approximate surface area is 232 Å². The summed E-state index contributed by atoms with van der Waals surface area (Å²) >= 11 is -2.22. The fourth-order valence-corrected chi connectivity index (χ4v) is 31.4. The third kappa shape index (κ3) is 4.75. The Bertz CT molecular complexity index is 1200. The Morgan fingerprint density at radius 1 is 0.471 bits per heavy atom. The quantitative estimate of drug-likeness (QED) is 0.257. The summed E-state index contributed by atoms with van der Waals surface area (Å²) in [4.78, 5) is 0. The van der Waals surface area contributed by atoms with E-state index in [1.165, 1.54) is 11.1 Å². The van der Waals surface area contributed by atoms with Gasteiger partial charge in [0, 0.05) is 0 Å². The summed E-state index contributed by atoms with van der Waals surface area (Å²) in [5, 5.41) is 3.23. The minimum atomic E-state index is -2.22. The molecule has 6 rings (SSSR count). The number of fused-ring (bicyclic) bond motifs is 2. The van der Waals surface area contributed by atoms with E-state index in [-0.39, 0.29) is 34.0 Å². The second kappa shape index (κ2) is 11.4. The maximum atomic E-state index is 2.57. The molecule has 4 aromatic carbocycles. The maximum absolute atomic E-state index is 2.57. The van der Waals surface area contributed by atoms with Crippen LogP contribution in [-0.2, 0) is 20.9 Å². The molecule has 0 heterocycles.